The fourth-order valence-corrected chi connectivity index (χ4v) is 3.35. The average molecular weight is 433 g/mol. The Balaban J connectivity index is 1.76. The molecule has 0 spiro atoms. The van der Waals surface area contributed by atoms with Crippen molar-refractivity contribution in [2.45, 2.75) is 57.0 Å². The van der Waals surface area contributed by atoms with E-state index in [1.165, 1.54) is 0 Å². The van der Waals surface area contributed by atoms with E-state index in [-0.39, 0.29) is 30.2 Å². The van der Waals surface area contributed by atoms with Crippen LogP contribution in [0.5, 0.6) is 0 Å². The third kappa shape index (κ3) is 9.04. The van der Waals surface area contributed by atoms with E-state index in [4.69, 9.17) is 11.5 Å². The lowest BCUT2D eigenvalue weighted by Gasteiger charge is -2.18. The Bertz CT molecular complexity index is 771. The third-order valence-electron chi connectivity index (χ3n) is 5.03. The summed E-state index contributed by atoms with van der Waals surface area (Å²) in [5.41, 5.74) is 11.9. The van der Waals surface area contributed by atoms with Gasteiger partial charge < -0.3 is 32.5 Å². The zero-order valence-electron chi connectivity index (χ0n) is 17.6. The van der Waals surface area contributed by atoms with Gasteiger partial charge in [-0.2, -0.15) is 0 Å². The van der Waals surface area contributed by atoms with Crippen LogP contribution >= 0.6 is 0 Å². The molecule has 2 rings (SSSR count). The van der Waals surface area contributed by atoms with Crippen molar-refractivity contribution in [2.24, 2.45) is 16.5 Å². The number of rotatable bonds is 12. The molecule has 2 atom stereocenters. The summed E-state index contributed by atoms with van der Waals surface area (Å²) < 4.78 is 0. The van der Waals surface area contributed by atoms with Gasteiger partial charge in [0.15, 0.2) is 5.96 Å². The number of carboxylic acid groups (broad SMARTS) is 1. The number of aliphatic imine (C=N–C) groups is 1. The van der Waals surface area contributed by atoms with Crippen LogP contribution in [0, 0.1) is 0 Å². The van der Waals surface area contributed by atoms with Crippen LogP contribution in [-0.4, -0.2) is 54.0 Å². The summed E-state index contributed by atoms with van der Waals surface area (Å²) >= 11 is 0. The first-order chi connectivity index (χ1) is 14.8. The van der Waals surface area contributed by atoms with Gasteiger partial charge >= 0.3 is 5.97 Å². The first kappa shape index (κ1) is 24.1. The van der Waals surface area contributed by atoms with Gasteiger partial charge in [-0.15, -0.1) is 0 Å². The number of guanidine groups is 1. The van der Waals surface area contributed by atoms with Crippen LogP contribution < -0.4 is 27.4 Å². The highest BCUT2D eigenvalue weighted by Crippen LogP contribution is 2.13. The lowest BCUT2D eigenvalue weighted by molar-refractivity contribution is -0.142. The number of nitrogens with one attached hydrogen (secondary N) is 3. The SMILES string of the molecule is NC(N)=NCCCCCC(=O)Nc1ccc(CC(NC(=O)C2CCCN2)C(=O)O)cc1. The van der Waals surface area contributed by atoms with E-state index in [1.807, 2.05) is 0 Å². The molecule has 1 aliphatic heterocycles. The third-order valence-corrected chi connectivity index (χ3v) is 5.03. The quantitative estimate of drug-likeness (QED) is 0.157. The molecule has 2 amide bonds. The molecule has 2 unspecified atom stereocenters. The van der Waals surface area contributed by atoms with Crippen LogP contribution in [0.2, 0.25) is 0 Å². The molecule has 31 heavy (non-hydrogen) atoms. The predicted octanol–water partition coefficient (Wildman–Crippen LogP) is 0.323. The maximum atomic E-state index is 12.2. The highest BCUT2D eigenvalue weighted by atomic mass is 16.4. The Labute approximate surface area is 181 Å². The maximum absolute atomic E-state index is 12.2. The number of nitrogens with two attached hydrogens (primary N) is 2. The summed E-state index contributed by atoms with van der Waals surface area (Å²) in [6, 6.07) is 5.62. The summed E-state index contributed by atoms with van der Waals surface area (Å²) in [5, 5.41) is 17.9. The van der Waals surface area contributed by atoms with Crippen molar-refractivity contribution in [3.8, 4) is 0 Å². The van der Waals surface area contributed by atoms with E-state index in [1.54, 1.807) is 24.3 Å². The highest BCUT2D eigenvalue weighted by molar-refractivity contribution is 5.90. The zero-order chi connectivity index (χ0) is 22.6. The van der Waals surface area contributed by atoms with Gasteiger partial charge in [0.25, 0.3) is 0 Å². The molecule has 1 heterocycles. The number of anilines is 1. The van der Waals surface area contributed by atoms with Crippen molar-refractivity contribution in [1.29, 1.82) is 0 Å². The van der Waals surface area contributed by atoms with E-state index in [0.717, 1.165) is 37.8 Å². The summed E-state index contributed by atoms with van der Waals surface area (Å²) in [6.45, 7) is 1.32. The minimum absolute atomic E-state index is 0.0732. The van der Waals surface area contributed by atoms with Gasteiger partial charge in [0.1, 0.15) is 6.04 Å². The second kappa shape index (κ2) is 12.5. The number of unbranched alkanes of at least 4 members (excludes halogenated alkanes) is 2. The molecule has 10 heteroatoms. The summed E-state index contributed by atoms with van der Waals surface area (Å²) in [6.07, 6.45) is 4.58. The van der Waals surface area contributed by atoms with Crippen LogP contribution in [0.15, 0.2) is 29.3 Å². The fraction of sp³-hybridized carbons (Fsp3) is 0.524. The van der Waals surface area contributed by atoms with Crippen LogP contribution in [0.1, 0.15) is 44.1 Å². The molecule has 0 bridgehead atoms. The van der Waals surface area contributed by atoms with Crippen molar-refractivity contribution in [3.05, 3.63) is 29.8 Å². The monoisotopic (exact) mass is 432 g/mol. The maximum Gasteiger partial charge on any atom is 0.326 e. The predicted molar refractivity (Wildman–Crippen MR) is 119 cm³/mol. The molecule has 0 aliphatic carbocycles. The van der Waals surface area contributed by atoms with Crippen molar-refractivity contribution in [3.63, 3.8) is 0 Å². The van der Waals surface area contributed by atoms with Gasteiger partial charge in [-0.25, -0.2) is 4.79 Å². The smallest absolute Gasteiger partial charge is 0.326 e. The zero-order valence-corrected chi connectivity index (χ0v) is 17.6. The van der Waals surface area contributed by atoms with Gasteiger partial charge in [0.2, 0.25) is 11.8 Å². The molecule has 170 valence electrons. The van der Waals surface area contributed by atoms with Gasteiger partial charge in [-0.1, -0.05) is 18.6 Å². The number of amides is 2. The molecule has 1 aromatic rings. The first-order valence-electron chi connectivity index (χ1n) is 10.6. The molecule has 1 aliphatic rings. The van der Waals surface area contributed by atoms with Crippen molar-refractivity contribution in [2.75, 3.05) is 18.4 Å². The lowest BCUT2D eigenvalue weighted by Crippen LogP contribution is -2.49. The Hall–Kier alpha value is -3.14. The molecule has 10 nitrogen and oxygen atoms in total. The van der Waals surface area contributed by atoms with Gasteiger partial charge in [-0.3, -0.25) is 14.6 Å². The summed E-state index contributed by atoms with van der Waals surface area (Å²) in [4.78, 5) is 39.7. The molecular weight excluding hydrogens is 400 g/mol. The second-order valence-electron chi connectivity index (χ2n) is 7.61. The molecule has 0 radical (unpaired) electrons. The number of hydrogen-bond acceptors (Lipinski definition) is 5. The minimum atomic E-state index is -1.08. The summed E-state index contributed by atoms with van der Waals surface area (Å²) in [7, 11) is 0. The number of benzene rings is 1. The van der Waals surface area contributed by atoms with Gasteiger partial charge in [0.05, 0.1) is 6.04 Å². The number of aliphatic carboxylic acids is 1. The number of hydrogen-bond donors (Lipinski definition) is 6. The van der Waals surface area contributed by atoms with Gasteiger partial charge in [0, 0.05) is 25.1 Å². The van der Waals surface area contributed by atoms with Crippen LogP contribution in [0.4, 0.5) is 5.69 Å². The van der Waals surface area contributed by atoms with E-state index in [0.29, 0.717) is 25.1 Å². The standard InChI is InChI=1S/C21H32N6O4/c22-21(23)25-11-3-1-2-6-18(28)26-15-9-7-14(8-10-15)13-17(20(30)31)27-19(29)16-5-4-12-24-16/h7-10,16-17,24H,1-6,11-13H2,(H,26,28)(H,27,29)(H,30,31)(H4,22,23,25). The average Bonchev–Trinajstić information content (AvgIpc) is 3.26. The van der Waals surface area contributed by atoms with Crippen molar-refractivity contribution >= 4 is 29.4 Å². The Morgan fingerprint density at radius 3 is 2.52 bits per heavy atom. The number of carbonyl (C=O) groups excluding carboxylic acids is 2. The molecule has 1 fully saturated rings. The normalized spacial score (nSPS) is 16.3. The molecule has 1 saturated heterocycles. The Morgan fingerprint density at radius 2 is 1.90 bits per heavy atom. The largest absolute Gasteiger partial charge is 0.480 e. The van der Waals surface area contributed by atoms with Crippen LogP contribution in [-0.2, 0) is 20.8 Å². The van der Waals surface area contributed by atoms with Crippen LogP contribution in [0.25, 0.3) is 0 Å². The molecule has 8 N–H and O–H groups in total. The lowest BCUT2D eigenvalue weighted by atomic mass is 10.0. The van der Waals surface area contributed by atoms with E-state index in [9.17, 15) is 19.5 Å². The molecule has 0 saturated carbocycles. The molecule has 1 aromatic carbocycles. The fourth-order valence-electron chi connectivity index (χ4n) is 3.35. The van der Waals surface area contributed by atoms with Gasteiger partial charge in [-0.05, 0) is 49.9 Å². The highest BCUT2D eigenvalue weighted by Gasteiger charge is 2.27. The molecular formula is C21H32N6O4. The number of nitrogens with zero attached hydrogens (tertiary/aromatic N) is 1. The Morgan fingerprint density at radius 1 is 1.16 bits per heavy atom. The van der Waals surface area contributed by atoms with Crippen molar-refractivity contribution in [1.82, 2.24) is 10.6 Å². The topological polar surface area (TPSA) is 172 Å². The molecule has 0 aromatic heterocycles. The minimum Gasteiger partial charge on any atom is -0.480 e. The number of carboxylic acids is 1. The summed E-state index contributed by atoms with van der Waals surface area (Å²) in [5.74, 6) is -1.38. The first-order valence-corrected chi connectivity index (χ1v) is 10.6. The second-order valence-corrected chi connectivity index (χ2v) is 7.61. The van der Waals surface area contributed by atoms with E-state index < -0.39 is 12.0 Å². The van der Waals surface area contributed by atoms with E-state index in [2.05, 4.69) is 20.9 Å². The number of carbonyl (C=O) groups is 3. The van der Waals surface area contributed by atoms with E-state index >= 15 is 0 Å². The Kier molecular flexibility index (Phi) is 9.76. The van der Waals surface area contributed by atoms with Crippen molar-refractivity contribution < 1.29 is 19.5 Å². The van der Waals surface area contributed by atoms with Crippen LogP contribution in [0.3, 0.4) is 0 Å².